The highest BCUT2D eigenvalue weighted by atomic mass is 14.9. The van der Waals surface area contributed by atoms with Crippen LogP contribution in [0, 0.1) is 6.08 Å². The summed E-state index contributed by atoms with van der Waals surface area (Å²) in [5, 5.41) is 4.06. The van der Waals surface area contributed by atoms with Crippen molar-refractivity contribution < 1.29 is 0 Å². The van der Waals surface area contributed by atoms with Crippen LogP contribution < -0.4 is 5.32 Å². The largest absolute Gasteiger partial charge is 0.258 e. The highest BCUT2D eigenvalue weighted by molar-refractivity contribution is 5.18. The van der Waals surface area contributed by atoms with E-state index in [1.54, 1.807) is 0 Å². The van der Waals surface area contributed by atoms with Crippen molar-refractivity contribution in [1.82, 2.24) is 5.32 Å². The first-order valence-electron chi connectivity index (χ1n) is 2.27. The molecule has 0 aromatic heterocycles. The average Bonchev–Trinajstić information content (AvgIpc) is 1.87. The summed E-state index contributed by atoms with van der Waals surface area (Å²) < 4.78 is 0. The molecule has 1 heterocycles. The Morgan fingerprint density at radius 2 is 2.29 bits per heavy atom. The van der Waals surface area contributed by atoms with Crippen LogP contribution in [0.4, 0.5) is 0 Å². The van der Waals surface area contributed by atoms with E-state index in [-0.39, 0.29) is 0 Å². The van der Waals surface area contributed by atoms with Crippen LogP contribution in [0.1, 0.15) is 13.8 Å². The summed E-state index contributed by atoms with van der Waals surface area (Å²) in [5.41, 5.74) is 2.04. The smallest absolute Gasteiger partial charge is 0.0455 e. The van der Waals surface area contributed by atoms with Crippen LogP contribution in [0.25, 0.3) is 0 Å². The van der Waals surface area contributed by atoms with Crippen LogP contribution in [0.2, 0.25) is 0 Å². The van der Waals surface area contributed by atoms with Crippen molar-refractivity contribution in [2.45, 2.75) is 13.8 Å². The minimum Gasteiger partial charge on any atom is -0.258 e. The Morgan fingerprint density at radius 1 is 1.57 bits per heavy atom. The summed E-state index contributed by atoms with van der Waals surface area (Å²) in [4.78, 5) is 0. The zero-order valence-electron chi connectivity index (χ0n) is 4.52. The monoisotopic (exact) mass is 93.1 g/mol. The first-order valence-corrected chi connectivity index (χ1v) is 2.27. The molecule has 0 bridgehead atoms. The van der Waals surface area contributed by atoms with Crippen molar-refractivity contribution in [3.63, 3.8) is 0 Å². The lowest BCUT2D eigenvalue weighted by atomic mass is 10.5. The lowest BCUT2D eigenvalue weighted by molar-refractivity contribution is 0.980. The lowest BCUT2D eigenvalue weighted by Gasteiger charge is -1.89. The second-order valence-corrected chi connectivity index (χ2v) is 1.63. The van der Waals surface area contributed by atoms with Crippen LogP contribution in [0.3, 0.4) is 0 Å². The van der Waals surface area contributed by atoms with Crippen LogP contribution in [-0.2, 0) is 0 Å². The van der Waals surface area contributed by atoms with Gasteiger partial charge in [0.1, 0.15) is 0 Å². The Kier molecular flexibility index (Phi) is 0.895. The molecule has 7 heavy (non-hydrogen) atoms. The second kappa shape index (κ2) is 1.41. The van der Waals surface area contributed by atoms with Gasteiger partial charge in [-0.25, -0.2) is 0 Å². The summed E-state index contributed by atoms with van der Waals surface area (Å²) in [6, 6.07) is 0. The van der Waals surface area contributed by atoms with Gasteiger partial charge in [-0.05, 0) is 19.9 Å². The SMILES string of the molecule is CC1=[C]C=C(C)[N]1. The molecule has 0 unspecified atom stereocenters. The molecule has 0 N–H and O–H groups in total. The van der Waals surface area contributed by atoms with E-state index >= 15 is 0 Å². The molecule has 1 heteroatoms. The van der Waals surface area contributed by atoms with Gasteiger partial charge in [0.05, 0.1) is 0 Å². The first kappa shape index (κ1) is 4.44. The Labute approximate surface area is 43.7 Å². The zero-order valence-corrected chi connectivity index (χ0v) is 4.52. The van der Waals surface area contributed by atoms with Gasteiger partial charge in [-0.3, -0.25) is 5.32 Å². The van der Waals surface area contributed by atoms with E-state index < -0.39 is 0 Å². The number of nitrogens with zero attached hydrogens (tertiary/aromatic N) is 1. The number of allylic oxidation sites excluding steroid dienone is 4. The predicted octanol–water partition coefficient (Wildman–Crippen LogP) is 1.22. The van der Waals surface area contributed by atoms with Gasteiger partial charge in [0.2, 0.25) is 0 Å². The van der Waals surface area contributed by atoms with E-state index in [0.717, 1.165) is 11.4 Å². The molecule has 0 aliphatic carbocycles. The van der Waals surface area contributed by atoms with Crippen LogP contribution in [-0.4, -0.2) is 0 Å². The molecule has 1 rings (SSSR count). The molecule has 0 saturated carbocycles. The normalized spacial score (nSPS) is 18.0. The third-order valence-corrected chi connectivity index (χ3v) is 0.834. The highest BCUT2D eigenvalue weighted by Gasteiger charge is 1.96. The average molecular weight is 93.1 g/mol. The Balaban J connectivity index is 2.61. The summed E-state index contributed by atoms with van der Waals surface area (Å²) in [5.74, 6) is 0. The van der Waals surface area contributed by atoms with E-state index in [9.17, 15) is 0 Å². The molecule has 0 atom stereocenters. The van der Waals surface area contributed by atoms with E-state index in [4.69, 9.17) is 0 Å². The van der Waals surface area contributed by atoms with Gasteiger partial charge >= 0.3 is 0 Å². The molecule has 0 saturated heterocycles. The fraction of sp³-hybridized carbons (Fsp3) is 0.333. The summed E-state index contributed by atoms with van der Waals surface area (Å²) >= 11 is 0. The third kappa shape index (κ3) is 0.829. The summed E-state index contributed by atoms with van der Waals surface area (Å²) in [6.07, 6.45) is 4.84. The van der Waals surface area contributed by atoms with Crippen molar-refractivity contribution in [3.8, 4) is 0 Å². The minimum atomic E-state index is 0.984. The maximum absolute atomic E-state index is 4.06. The molecule has 0 aromatic rings. The highest BCUT2D eigenvalue weighted by Crippen LogP contribution is 2.03. The topological polar surface area (TPSA) is 14.1 Å². The Bertz CT molecular complexity index is 115. The fourth-order valence-electron chi connectivity index (χ4n) is 0.538. The van der Waals surface area contributed by atoms with Crippen LogP contribution in [0.15, 0.2) is 17.5 Å². The Morgan fingerprint density at radius 3 is 2.43 bits per heavy atom. The molecular weight excluding hydrogens is 86.1 g/mol. The Hall–Kier alpha value is -0.720. The fourth-order valence-corrected chi connectivity index (χ4v) is 0.538. The van der Waals surface area contributed by atoms with E-state index in [0.29, 0.717) is 0 Å². The van der Waals surface area contributed by atoms with Gasteiger partial charge in [-0.1, -0.05) is 0 Å². The molecule has 0 fully saturated rings. The van der Waals surface area contributed by atoms with Crippen molar-refractivity contribution in [3.05, 3.63) is 23.5 Å². The maximum atomic E-state index is 4.06. The quantitative estimate of drug-likeness (QED) is 0.427. The predicted molar refractivity (Wildman–Crippen MR) is 28.3 cm³/mol. The summed E-state index contributed by atoms with van der Waals surface area (Å²) in [6.45, 7) is 3.90. The molecule has 1 nitrogen and oxygen atoms in total. The first-order chi connectivity index (χ1) is 3.29. The van der Waals surface area contributed by atoms with Crippen molar-refractivity contribution in [2.75, 3.05) is 0 Å². The number of hydrogen-bond acceptors (Lipinski definition) is 0. The molecular formula is C6H7N. The second-order valence-electron chi connectivity index (χ2n) is 1.63. The minimum absolute atomic E-state index is 0.984. The zero-order chi connectivity index (χ0) is 5.28. The molecule has 1 aliphatic heterocycles. The van der Waals surface area contributed by atoms with Gasteiger partial charge in [0, 0.05) is 17.5 Å². The van der Waals surface area contributed by atoms with E-state index in [1.165, 1.54) is 0 Å². The third-order valence-electron chi connectivity index (χ3n) is 0.834. The molecule has 36 valence electrons. The van der Waals surface area contributed by atoms with E-state index in [1.807, 2.05) is 19.9 Å². The van der Waals surface area contributed by atoms with Crippen molar-refractivity contribution in [1.29, 1.82) is 0 Å². The van der Waals surface area contributed by atoms with Crippen molar-refractivity contribution >= 4 is 0 Å². The molecule has 0 amide bonds. The van der Waals surface area contributed by atoms with Gasteiger partial charge in [0.25, 0.3) is 0 Å². The van der Waals surface area contributed by atoms with Gasteiger partial charge in [0.15, 0.2) is 0 Å². The van der Waals surface area contributed by atoms with Crippen LogP contribution in [0.5, 0.6) is 0 Å². The van der Waals surface area contributed by atoms with Crippen LogP contribution >= 0.6 is 0 Å². The van der Waals surface area contributed by atoms with Crippen molar-refractivity contribution in [2.24, 2.45) is 0 Å². The van der Waals surface area contributed by atoms with Gasteiger partial charge in [-0.2, -0.15) is 0 Å². The molecule has 1 aliphatic rings. The maximum Gasteiger partial charge on any atom is 0.0455 e. The molecule has 0 aromatic carbocycles. The molecule has 0 spiro atoms. The number of rotatable bonds is 0. The molecule has 2 radical (unpaired) electrons. The van der Waals surface area contributed by atoms with E-state index in [2.05, 4.69) is 11.4 Å². The standard InChI is InChI=1S/C6H7N/c1-5-3-4-6(2)7-5/h3H,1-2H3. The lowest BCUT2D eigenvalue weighted by Crippen LogP contribution is -1.90. The van der Waals surface area contributed by atoms with Gasteiger partial charge in [-0.15, -0.1) is 0 Å². The summed E-state index contributed by atoms with van der Waals surface area (Å²) in [7, 11) is 0. The van der Waals surface area contributed by atoms with Gasteiger partial charge < -0.3 is 0 Å². The number of hydrogen-bond donors (Lipinski definition) is 0.